The van der Waals surface area contributed by atoms with E-state index in [9.17, 15) is 0 Å². The normalized spacial score (nSPS) is 9.67. The van der Waals surface area contributed by atoms with Crippen LogP contribution in [0.3, 0.4) is 0 Å². The molecule has 13 aromatic rings. The van der Waals surface area contributed by atoms with Crippen LogP contribution in [0, 0.1) is 34.6 Å². The van der Waals surface area contributed by atoms with E-state index in [-0.39, 0.29) is 0 Å². The molecule has 75 heavy (non-hydrogen) atoms. The van der Waals surface area contributed by atoms with E-state index in [4.69, 9.17) is 0 Å². The predicted molar refractivity (Wildman–Crippen MR) is 294 cm³/mol. The number of aromatic nitrogens is 19. The summed E-state index contributed by atoms with van der Waals surface area (Å²) in [6.07, 6.45) is 21.9. The average molecular weight is 1000 g/mol. The number of rotatable bonds is 0. The minimum Gasteiger partial charge on any atom is -0.351 e. The molecular weight excluding hydrogens is 939 g/mol. The number of pyridine rings is 2. The third-order valence-electron chi connectivity index (χ3n) is 10.1. The number of imidazole rings is 1. The standard InChI is InChI=1S/C10H9N.C9H9N.2C8H8N2.C6H7N.C5H6N2.2C4H5N3.C2H4N4/c1-8-6-9-4-2-3-5-10(9)11-7-8;1-10-7-6-8-4-2-3-5-9(8)10;1-10-6-9-7-4-2-3-5-8(7)10;1-10-8-5-3-2-4-7(8)6-9-10;1-6-2-4-7-5-3-6;1-5-2-3-6-4-7-5;1-4-6-2-5-3-7-4;1-4-2-6-7-3-5-4;1-6-4-2-3-5-6/h2-7H,1H3;2-7H,1H3;2*2-6H,1H3;2-5H,1H3;2-4H,1H3;2*2-3H,1H3;2H,1H3. The first kappa shape index (κ1) is 56.0. The molecule has 0 aliphatic carbocycles. The van der Waals surface area contributed by atoms with Crippen molar-refractivity contribution in [1.82, 2.24) is 94.2 Å². The van der Waals surface area contributed by atoms with Crippen molar-refractivity contribution in [2.45, 2.75) is 34.6 Å². The SMILES string of the molecule is Cc1ccncc1.Cc1ccncn1.Cc1cnc2ccccc2c1.Cc1cnncn1.Cc1ncncn1.Cn1ccc2ccccc21.Cn1cnc2ccccc21.Cn1ncc2ccccc21.Cn1ncnn1. The van der Waals surface area contributed by atoms with Gasteiger partial charge in [-0.05, 0) is 117 Å². The van der Waals surface area contributed by atoms with Gasteiger partial charge in [-0.15, -0.1) is 15.3 Å². The van der Waals surface area contributed by atoms with Crippen molar-refractivity contribution in [3.8, 4) is 0 Å². The molecule has 0 aliphatic rings. The zero-order valence-electron chi connectivity index (χ0n) is 43.6. The summed E-state index contributed by atoms with van der Waals surface area (Å²) in [4.78, 5) is 36.2. The Morgan fingerprint density at radius 2 is 1.01 bits per heavy atom. The van der Waals surface area contributed by atoms with Crippen molar-refractivity contribution in [2.24, 2.45) is 28.2 Å². The second-order valence-electron chi connectivity index (χ2n) is 16.1. The van der Waals surface area contributed by atoms with E-state index in [1.807, 2.05) is 136 Å². The van der Waals surface area contributed by atoms with Crippen molar-refractivity contribution in [3.63, 3.8) is 0 Å². The van der Waals surface area contributed by atoms with Gasteiger partial charge in [0, 0.05) is 74.1 Å². The van der Waals surface area contributed by atoms with Crippen LogP contribution in [-0.2, 0) is 28.2 Å². The van der Waals surface area contributed by atoms with Crippen molar-refractivity contribution < 1.29 is 0 Å². The highest BCUT2D eigenvalue weighted by molar-refractivity contribution is 5.80. The lowest BCUT2D eigenvalue weighted by atomic mass is 10.2. The second kappa shape index (κ2) is 31.4. The molecule has 0 saturated carbocycles. The second-order valence-corrected chi connectivity index (χ2v) is 16.1. The summed E-state index contributed by atoms with van der Waals surface area (Å²) in [5.74, 6) is 0.759. The largest absolute Gasteiger partial charge is 0.351 e. The smallest absolute Gasteiger partial charge is 0.162 e. The van der Waals surface area contributed by atoms with Gasteiger partial charge in [0.25, 0.3) is 0 Å². The Balaban J connectivity index is 0.000000157. The molecule has 0 radical (unpaired) electrons. The quantitative estimate of drug-likeness (QED) is 0.138. The lowest BCUT2D eigenvalue weighted by molar-refractivity contribution is 0.630. The van der Waals surface area contributed by atoms with Crippen LogP contribution < -0.4 is 0 Å². The number of para-hydroxylation sites is 5. The maximum atomic E-state index is 4.28. The molecular formula is C56H61N19. The van der Waals surface area contributed by atoms with Crippen molar-refractivity contribution in [1.29, 1.82) is 0 Å². The van der Waals surface area contributed by atoms with Gasteiger partial charge in [0.2, 0.25) is 0 Å². The van der Waals surface area contributed by atoms with Gasteiger partial charge in [-0.3, -0.25) is 14.6 Å². The summed E-state index contributed by atoms with van der Waals surface area (Å²) in [6.45, 7) is 9.72. The molecule has 19 nitrogen and oxygen atoms in total. The van der Waals surface area contributed by atoms with E-state index < -0.39 is 0 Å². The van der Waals surface area contributed by atoms with Gasteiger partial charge in [-0.25, -0.2) is 34.9 Å². The van der Waals surface area contributed by atoms with Crippen molar-refractivity contribution in [2.75, 3.05) is 0 Å². The van der Waals surface area contributed by atoms with E-state index in [0.717, 1.165) is 28.2 Å². The van der Waals surface area contributed by atoms with Crippen LogP contribution >= 0.6 is 0 Å². The molecule has 0 amide bonds. The third-order valence-corrected chi connectivity index (χ3v) is 10.1. The number of tetrazole rings is 1. The molecule has 19 heteroatoms. The van der Waals surface area contributed by atoms with Crippen LogP contribution in [-0.4, -0.2) is 94.2 Å². The van der Waals surface area contributed by atoms with E-state index in [1.165, 1.54) is 80.3 Å². The Morgan fingerprint density at radius 3 is 1.52 bits per heavy atom. The first-order valence-corrected chi connectivity index (χ1v) is 23.4. The minimum absolute atomic E-state index is 0.759. The van der Waals surface area contributed by atoms with Gasteiger partial charge in [0.1, 0.15) is 31.1 Å². The van der Waals surface area contributed by atoms with Crippen LogP contribution in [0.25, 0.3) is 43.7 Å². The van der Waals surface area contributed by atoms with E-state index in [1.54, 1.807) is 31.8 Å². The molecule has 0 spiro atoms. The Hall–Kier alpha value is -9.91. The fourth-order valence-corrected chi connectivity index (χ4v) is 6.18. The molecule has 0 atom stereocenters. The fraction of sp³-hybridized carbons (Fsp3) is 0.161. The van der Waals surface area contributed by atoms with Crippen LogP contribution in [0.15, 0.2) is 209 Å². The highest BCUT2D eigenvalue weighted by Crippen LogP contribution is 2.14. The van der Waals surface area contributed by atoms with Gasteiger partial charge >= 0.3 is 0 Å². The topological polar surface area (TPSA) is 213 Å². The number of hydrogen-bond donors (Lipinski definition) is 0. The highest BCUT2D eigenvalue weighted by Gasteiger charge is 1.96. The average Bonchev–Trinajstić information content (AvgIpc) is 4.27. The van der Waals surface area contributed by atoms with Crippen molar-refractivity contribution in [3.05, 3.63) is 237 Å². The van der Waals surface area contributed by atoms with Crippen LogP contribution in [0.1, 0.15) is 28.3 Å². The lowest BCUT2D eigenvalue weighted by Crippen LogP contribution is -1.90. The molecule has 0 aliphatic heterocycles. The first-order valence-electron chi connectivity index (χ1n) is 23.4. The predicted octanol–water partition coefficient (Wildman–Crippen LogP) is 9.61. The number of fused-ring (bicyclic) bond motifs is 4. The van der Waals surface area contributed by atoms with Crippen molar-refractivity contribution >= 4 is 43.7 Å². The van der Waals surface area contributed by atoms with Gasteiger partial charge < -0.3 is 9.13 Å². The molecule has 380 valence electrons. The van der Waals surface area contributed by atoms with Crippen LogP contribution in [0.4, 0.5) is 0 Å². The Bertz CT molecular complexity index is 3230. The van der Waals surface area contributed by atoms with E-state index in [2.05, 4.69) is 161 Å². The van der Waals surface area contributed by atoms with Gasteiger partial charge in [-0.1, -0.05) is 66.7 Å². The fourth-order valence-electron chi connectivity index (χ4n) is 6.18. The number of aryl methyl sites for hydroxylation is 9. The van der Waals surface area contributed by atoms with E-state index in [0.29, 0.717) is 0 Å². The van der Waals surface area contributed by atoms with Gasteiger partial charge in [-0.2, -0.15) is 15.0 Å². The summed E-state index contributed by atoms with van der Waals surface area (Å²) < 4.78 is 6.00. The minimum atomic E-state index is 0.759. The monoisotopic (exact) mass is 1000 g/mol. The Kier molecular flexibility index (Phi) is 23.5. The van der Waals surface area contributed by atoms with E-state index >= 15 is 0 Å². The van der Waals surface area contributed by atoms with Crippen LogP contribution in [0.5, 0.6) is 0 Å². The summed E-state index contributed by atoms with van der Waals surface area (Å²) in [7, 11) is 7.72. The molecule has 4 aromatic carbocycles. The molecule has 0 bridgehead atoms. The summed E-state index contributed by atoms with van der Waals surface area (Å²) in [6, 6.07) is 42.8. The number of hydrogen-bond acceptors (Lipinski definition) is 15. The maximum Gasteiger partial charge on any atom is 0.162 e. The van der Waals surface area contributed by atoms with Crippen LogP contribution in [0.2, 0.25) is 0 Å². The van der Waals surface area contributed by atoms with Gasteiger partial charge in [0.05, 0.1) is 53.5 Å². The molecule has 9 heterocycles. The molecule has 0 N–H and O–H groups in total. The molecule has 0 saturated heterocycles. The summed E-state index contributed by atoms with van der Waals surface area (Å²) >= 11 is 0. The molecule has 0 unspecified atom stereocenters. The first-order chi connectivity index (χ1) is 36.5. The summed E-state index contributed by atoms with van der Waals surface area (Å²) in [5.41, 5.74) is 10.2. The Morgan fingerprint density at radius 1 is 0.387 bits per heavy atom. The van der Waals surface area contributed by atoms with Gasteiger partial charge in [0.15, 0.2) is 6.33 Å². The summed E-state index contributed by atoms with van der Waals surface area (Å²) in [5, 5.41) is 25.4. The molecule has 0 fully saturated rings. The maximum absolute atomic E-state index is 4.28. The third kappa shape index (κ3) is 20.8. The number of benzene rings is 4. The number of nitrogens with zero attached hydrogens (tertiary/aromatic N) is 19. The lowest BCUT2D eigenvalue weighted by Gasteiger charge is -1.95. The molecule has 13 rings (SSSR count). The Labute approximate surface area is 436 Å². The molecule has 9 aromatic heterocycles. The highest BCUT2D eigenvalue weighted by atomic mass is 15.6. The zero-order valence-corrected chi connectivity index (χ0v) is 43.6. The zero-order chi connectivity index (χ0) is 53.5.